The van der Waals surface area contributed by atoms with Crippen LogP contribution in [-0.2, 0) is 0 Å². The van der Waals surface area contributed by atoms with Gasteiger partial charge in [0, 0.05) is 69.9 Å². The van der Waals surface area contributed by atoms with Crippen LogP contribution in [0.25, 0.3) is 97.1 Å². The van der Waals surface area contributed by atoms with Gasteiger partial charge in [-0.15, -0.1) is 11.3 Å². The second-order valence-electron chi connectivity index (χ2n) is 14.5. The summed E-state index contributed by atoms with van der Waals surface area (Å²) in [5, 5.41) is 9.51. The first-order chi connectivity index (χ1) is 27.7. The van der Waals surface area contributed by atoms with Gasteiger partial charge in [-0.3, -0.25) is 0 Å². The molecule has 12 rings (SSSR count). The second kappa shape index (κ2) is 12.2. The van der Waals surface area contributed by atoms with Crippen LogP contribution >= 0.6 is 11.3 Å². The standard InChI is InChI=1S/C52H31NO2S/c1-2-10-35-30-48-46(29-34(35)9-1)45-16-8-14-40(52(45)55-48)33-21-25-37(26-22-33)53(38-27-28-43-42-12-4-6-18-49(42)56-50(43)31-38)36-23-19-32(20-24-36)39-13-7-15-44-41-11-3-5-17-47(41)54-51(39)44/h1-31H. The van der Waals surface area contributed by atoms with Crippen LogP contribution in [0.2, 0.25) is 0 Å². The summed E-state index contributed by atoms with van der Waals surface area (Å²) in [5.41, 5.74) is 11.3. The molecule has 0 aliphatic carbocycles. The van der Waals surface area contributed by atoms with E-state index in [0.717, 1.165) is 83.2 Å². The van der Waals surface area contributed by atoms with Gasteiger partial charge >= 0.3 is 0 Å². The first-order valence-corrected chi connectivity index (χ1v) is 19.7. The largest absolute Gasteiger partial charge is 0.455 e. The van der Waals surface area contributed by atoms with E-state index in [1.807, 2.05) is 23.5 Å². The van der Waals surface area contributed by atoms with Gasteiger partial charge in [0.05, 0.1) is 0 Å². The molecule has 3 aromatic heterocycles. The average molecular weight is 734 g/mol. The summed E-state index contributed by atoms with van der Waals surface area (Å²) in [4.78, 5) is 2.35. The van der Waals surface area contributed by atoms with Gasteiger partial charge in [0.25, 0.3) is 0 Å². The lowest BCUT2D eigenvalue weighted by Crippen LogP contribution is -2.09. The van der Waals surface area contributed by atoms with Crippen molar-refractivity contribution < 1.29 is 8.83 Å². The first kappa shape index (κ1) is 31.2. The van der Waals surface area contributed by atoms with Crippen LogP contribution < -0.4 is 4.90 Å². The van der Waals surface area contributed by atoms with Crippen LogP contribution in [-0.4, -0.2) is 0 Å². The third-order valence-electron chi connectivity index (χ3n) is 11.3. The van der Waals surface area contributed by atoms with Crippen molar-refractivity contribution in [3.8, 4) is 22.3 Å². The molecule has 0 unspecified atom stereocenters. The Morgan fingerprint density at radius 2 is 0.875 bits per heavy atom. The highest BCUT2D eigenvalue weighted by Crippen LogP contribution is 2.43. The summed E-state index contributed by atoms with van der Waals surface area (Å²) in [5.74, 6) is 0. The van der Waals surface area contributed by atoms with E-state index in [0.29, 0.717) is 0 Å². The van der Waals surface area contributed by atoms with Crippen molar-refractivity contribution in [1.82, 2.24) is 0 Å². The molecule has 0 radical (unpaired) electrons. The topological polar surface area (TPSA) is 29.5 Å². The zero-order valence-corrected chi connectivity index (χ0v) is 30.9. The number of hydrogen-bond acceptors (Lipinski definition) is 4. The highest BCUT2D eigenvalue weighted by molar-refractivity contribution is 7.25. The van der Waals surface area contributed by atoms with E-state index in [1.54, 1.807) is 0 Å². The SMILES string of the molecule is c1ccc2cc3c(cc2c1)oc1c(-c2ccc(N(c4ccc(-c5cccc6c5oc5ccccc56)cc4)c4ccc5c(c4)sc4ccccc45)cc2)cccc13. The summed E-state index contributed by atoms with van der Waals surface area (Å²) in [6.45, 7) is 0. The molecule has 0 amide bonds. The van der Waals surface area contributed by atoms with Gasteiger partial charge in [-0.2, -0.15) is 0 Å². The van der Waals surface area contributed by atoms with Gasteiger partial charge in [0.1, 0.15) is 22.3 Å². The predicted molar refractivity (Wildman–Crippen MR) is 237 cm³/mol. The number of furan rings is 2. The highest BCUT2D eigenvalue weighted by atomic mass is 32.1. The number of benzene rings is 9. The molecule has 0 spiro atoms. The molecule has 3 heterocycles. The van der Waals surface area contributed by atoms with E-state index in [4.69, 9.17) is 8.83 Å². The summed E-state index contributed by atoms with van der Waals surface area (Å²) >= 11 is 1.84. The molecule has 0 fully saturated rings. The molecule has 0 atom stereocenters. The minimum Gasteiger partial charge on any atom is -0.455 e. The number of hydrogen-bond donors (Lipinski definition) is 0. The molecule has 262 valence electrons. The molecule has 3 nitrogen and oxygen atoms in total. The minimum absolute atomic E-state index is 0.906. The Kier molecular flexibility index (Phi) is 6.80. The molecule has 0 saturated carbocycles. The van der Waals surface area contributed by atoms with Crippen LogP contribution in [0.1, 0.15) is 0 Å². The molecule has 56 heavy (non-hydrogen) atoms. The van der Waals surface area contributed by atoms with Gasteiger partial charge in [-0.1, -0.05) is 127 Å². The lowest BCUT2D eigenvalue weighted by atomic mass is 10.0. The smallest absolute Gasteiger partial charge is 0.143 e. The Labute approximate surface area is 325 Å². The van der Waals surface area contributed by atoms with E-state index >= 15 is 0 Å². The van der Waals surface area contributed by atoms with Gasteiger partial charge in [0.15, 0.2) is 0 Å². The van der Waals surface area contributed by atoms with Crippen molar-refractivity contribution in [2.75, 3.05) is 4.90 Å². The molecular weight excluding hydrogens is 703 g/mol. The van der Waals surface area contributed by atoms with Gasteiger partial charge in [0.2, 0.25) is 0 Å². The molecule has 0 saturated heterocycles. The fraction of sp³-hybridized carbons (Fsp3) is 0. The average Bonchev–Trinajstić information content (AvgIpc) is 3.94. The quantitative estimate of drug-likeness (QED) is 0.176. The van der Waals surface area contributed by atoms with E-state index in [2.05, 4.69) is 181 Å². The number of para-hydroxylation sites is 3. The molecule has 0 bridgehead atoms. The van der Waals surface area contributed by atoms with E-state index < -0.39 is 0 Å². The van der Waals surface area contributed by atoms with Crippen molar-refractivity contribution in [3.05, 3.63) is 188 Å². The Balaban J connectivity index is 0.976. The minimum atomic E-state index is 0.906. The normalized spacial score (nSPS) is 11.9. The van der Waals surface area contributed by atoms with Crippen molar-refractivity contribution in [3.63, 3.8) is 0 Å². The fourth-order valence-electron chi connectivity index (χ4n) is 8.57. The fourth-order valence-corrected chi connectivity index (χ4v) is 9.71. The maximum absolute atomic E-state index is 6.60. The zero-order chi connectivity index (χ0) is 36.7. The van der Waals surface area contributed by atoms with Crippen LogP contribution in [0, 0.1) is 0 Å². The van der Waals surface area contributed by atoms with Crippen molar-refractivity contribution >= 4 is 103 Å². The Hall–Kier alpha value is -7.14. The zero-order valence-electron chi connectivity index (χ0n) is 30.1. The lowest BCUT2D eigenvalue weighted by molar-refractivity contribution is 0.670. The van der Waals surface area contributed by atoms with Crippen molar-refractivity contribution in [2.24, 2.45) is 0 Å². The third-order valence-corrected chi connectivity index (χ3v) is 12.4. The van der Waals surface area contributed by atoms with E-state index in [-0.39, 0.29) is 0 Å². The molecule has 4 heteroatoms. The molecule has 0 aliphatic rings. The monoisotopic (exact) mass is 733 g/mol. The number of fused-ring (bicyclic) bond motifs is 10. The molecular formula is C52H31NO2S. The van der Waals surface area contributed by atoms with Gasteiger partial charge < -0.3 is 13.7 Å². The number of nitrogens with zero attached hydrogens (tertiary/aromatic N) is 1. The second-order valence-corrected chi connectivity index (χ2v) is 15.6. The van der Waals surface area contributed by atoms with E-state index in [1.165, 1.54) is 30.9 Å². The summed E-state index contributed by atoms with van der Waals surface area (Å²) in [6.07, 6.45) is 0. The lowest BCUT2D eigenvalue weighted by Gasteiger charge is -2.26. The van der Waals surface area contributed by atoms with Crippen LogP contribution in [0.15, 0.2) is 197 Å². The number of thiophene rings is 1. The maximum Gasteiger partial charge on any atom is 0.143 e. The predicted octanol–water partition coefficient (Wildman–Crippen LogP) is 15.8. The van der Waals surface area contributed by atoms with Crippen molar-refractivity contribution in [2.45, 2.75) is 0 Å². The maximum atomic E-state index is 6.60. The Morgan fingerprint density at radius 1 is 0.339 bits per heavy atom. The molecule has 9 aromatic carbocycles. The molecule has 0 aliphatic heterocycles. The van der Waals surface area contributed by atoms with Crippen LogP contribution in [0.4, 0.5) is 17.1 Å². The third kappa shape index (κ3) is 4.83. The Morgan fingerprint density at radius 3 is 1.59 bits per heavy atom. The molecule has 12 aromatic rings. The van der Waals surface area contributed by atoms with Crippen LogP contribution in [0.3, 0.4) is 0 Å². The van der Waals surface area contributed by atoms with Gasteiger partial charge in [-0.05, 0) is 82.6 Å². The first-order valence-electron chi connectivity index (χ1n) is 18.9. The molecule has 0 N–H and O–H groups in total. The van der Waals surface area contributed by atoms with E-state index in [9.17, 15) is 0 Å². The van der Waals surface area contributed by atoms with Crippen molar-refractivity contribution in [1.29, 1.82) is 0 Å². The summed E-state index contributed by atoms with van der Waals surface area (Å²) < 4.78 is 15.6. The summed E-state index contributed by atoms with van der Waals surface area (Å²) in [6, 6.07) is 67.3. The highest BCUT2D eigenvalue weighted by Gasteiger charge is 2.18. The van der Waals surface area contributed by atoms with Gasteiger partial charge in [-0.25, -0.2) is 0 Å². The van der Waals surface area contributed by atoms with Crippen LogP contribution in [0.5, 0.6) is 0 Å². The summed E-state index contributed by atoms with van der Waals surface area (Å²) in [7, 11) is 0. The Bertz CT molecular complexity index is 3480. The number of rotatable bonds is 5. The number of anilines is 3.